The number of fused-ring (bicyclic) bond motifs is 1. The van der Waals surface area contributed by atoms with Crippen molar-refractivity contribution in [3.63, 3.8) is 0 Å². The average Bonchev–Trinajstić information content (AvgIpc) is 3.21. The van der Waals surface area contributed by atoms with E-state index in [2.05, 4.69) is 31.2 Å². The lowest BCUT2D eigenvalue weighted by atomic mass is 10.1. The van der Waals surface area contributed by atoms with Crippen LogP contribution in [0.4, 0.5) is 0 Å². The molecule has 132 valence electrons. The van der Waals surface area contributed by atoms with Gasteiger partial charge in [0.2, 0.25) is 0 Å². The third-order valence-electron chi connectivity index (χ3n) is 5.09. The first-order chi connectivity index (χ1) is 11.8. The van der Waals surface area contributed by atoms with Gasteiger partial charge in [-0.1, -0.05) is 24.3 Å². The molecule has 2 atom stereocenters. The van der Waals surface area contributed by atoms with Crippen LogP contribution in [0.3, 0.4) is 0 Å². The highest BCUT2D eigenvalue weighted by Crippen LogP contribution is 2.42. The van der Waals surface area contributed by atoms with E-state index in [-0.39, 0.29) is 17.5 Å². The molecule has 2 aromatic rings. The number of aromatic nitrogens is 2. The first-order valence-corrected chi connectivity index (χ1v) is 9.02. The van der Waals surface area contributed by atoms with E-state index in [1.807, 2.05) is 35.0 Å². The minimum atomic E-state index is -0.589. The molecule has 0 unspecified atom stereocenters. The maximum Gasteiger partial charge on any atom is 0.272 e. The summed E-state index contributed by atoms with van der Waals surface area (Å²) in [6.45, 7) is 6.31. The molecule has 1 aromatic heterocycles. The zero-order chi connectivity index (χ0) is 17.8. The van der Waals surface area contributed by atoms with Crippen molar-refractivity contribution in [3.8, 4) is 0 Å². The van der Waals surface area contributed by atoms with Crippen molar-refractivity contribution < 1.29 is 9.90 Å². The zero-order valence-electron chi connectivity index (χ0n) is 15.0. The number of carbonyl (C=O) groups excluding carboxylic acids is 1. The van der Waals surface area contributed by atoms with Gasteiger partial charge >= 0.3 is 0 Å². The molecule has 0 saturated heterocycles. The Hall–Kier alpha value is -2.14. The normalized spacial score (nSPS) is 22.7. The van der Waals surface area contributed by atoms with Crippen LogP contribution >= 0.6 is 0 Å². The number of benzene rings is 1. The molecule has 1 amide bonds. The van der Waals surface area contributed by atoms with Crippen LogP contribution in [0.25, 0.3) is 0 Å². The Morgan fingerprint density at radius 2 is 2.00 bits per heavy atom. The minimum Gasteiger partial charge on any atom is -0.390 e. The summed E-state index contributed by atoms with van der Waals surface area (Å²) in [6.07, 6.45) is 2.31. The summed E-state index contributed by atoms with van der Waals surface area (Å²) >= 11 is 0. The van der Waals surface area contributed by atoms with Crippen molar-refractivity contribution >= 4 is 5.91 Å². The van der Waals surface area contributed by atoms with Crippen LogP contribution in [0.1, 0.15) is 72.9 Å². The van der Waals surface area contributed by atoms with Gasteiger partial charge in [-0.25, -0.2) is 0 Å². The highest BCUT2D eigenvalue weighted by Gasteiger charge is 2.35. The molecule has 1 saturated carbocycles. The second-order valence-corrected chi connectivity index (χ2v) is 8.23. The van der Waals surface area contributed by atoms with Crippen LogP contribution in [-0.2, 0) is 12.0 Å². The summed E-state index contributed by atoms with van der Waals surface area (Å²) in [5.41, 5.74) is 3.52. The first-order valence-electron chi connectivity index (χ1n) is 9.02. The number of aliphatic hydroxyl groups excluding tert-OH is 1. The fraction of sp³-hybridized carbons (Fsp3) is 0.500. The van der Waals surface area contributed by atoms with Gasteiger partial charge in [0, 0.05) is 18.0 Å². The van der Waals surface area contributed by atoms with Gasteiger partial charge in [0.05, 0.1) is 17.7 Å². The number of hydrogen-bond donors (Lipinski definition) is 2. The van der Waals surface area contributed by atoms with E-state index in [9.17, 15) is 9.90 Å². The van der Waals surface area contributed by atoms with Crippen molar-refractivity contribution in [3.05, 3.63) is 52.8 Å². The molecule has 5 nitrogen and oxygen atoms in total. The largest absolute Gasteiger partial charge is 0.390 e. The van der Waals surface area contributed by atoms with E-state index >= 15 is 0 Å². The third kappa shape index (κ3) is 2.97. The fourth-order valence-corrected chi connectivity index (χ4v) is 3.68. The van der Waals surface area contributed by atoms with Gasteiger partial charge in [0.25, 0.3) is 5.91 Å². The number of nitrogens with zero attached hydrogens (tertiary/aromatic N) is 2. The molecule has 4 rings (SSSR count). The number of rotatable bonds is 3. The molecule has 1 heterocycles. The molecule has 1 fully saturated rings. The predicted molar refractivity (Wildman–Crippen MR) is 95.6 cm³/mol. The van der Waals surface area contributed by atoms with E-state index in [0.717, 1.165) is 29.7 Å². The summed E-state index contributed by atoms with van der Waals surface area (Å²) in [5, 5.41) is 17.9. The number of nitrogens with one attached hydrogen (secondary N) is 1. The lowest BCUT2D eigenvalue weighted by Crippen LogP contribution is -2.34. The first kappa shape index (κ1) is 16.3. The number of amides is 1. The molecular weight excluding hydrogens is 314 g/mol. The monoisotopic (exact) mass is 339 g/mol. The van der Waals surface area contributed by atoms with E-state index in [1.54, 1.807) is 0 Å². The van der Waals surface area contributed by atoms with Crippen LogP contribution in [0.5, 0.6) is 0 Å². The Kier molecular flexibility index (Phi) is 3.72. The SMILES string of the molecule is CC(C)(C)n1nc(C(=O)N[C@@H]2c3ccccc3C[C@H]2O)cc1C1CC1. The Labute approximate surface area is 148 Å². The smallest absolute Gasteiger partial charge is 0.272 e. The number of carbonyl (C=O) groups is 1. The second-order valence-electron chi connectivity index (χ2n) is 8.23. The van der Waals surface area contributed by atoms with Gasteiger partial charge in [0.1, 0.15) is 5.69 Å². The Bertz CT molecular complexity index is 815. The van der Waals surface area contributed by atoms with E-state index in [4.69, 9.17) is 0 Å². The summed E-state index contributed by atoms with van der Waals surface area (Å²) in [6, 6.07) is 9.43. The van der Waals surface area contributed by atoms with E-state index in [0.29, 0.717) is 18.0 Å². The summed E-state index contributed by atoms with van der Waals surface area (Å²) in [5.74, 6) is 0.303. The van der Waals surface area contributed by atoms with Gasteiger partial charge in [0.15, 0.2) is 0 Å². The molecule has 2 N–H and O–H groups in total. The summed E-state index contributed by atoms with van der Waals surface area (Å²) < 4.78 is 1.98. The topological polar surface area (TPSA) is 67.2 Å². The van der Waals surface area contributed by atoms with Crippen molar-refractivity contribution in [2.75, 3.05) is 0 Å². The van der Waals surface area contributed by atoms with Gasteiger partial charge in [-0.05, 0) is 50.8 Å². The second kappa shape index (κ2) is 5.70. The van der Waals surface area contributed by atoms with Gasteiger partial charge < -0.3 is 10.4 Å². The summed E-state index contributed by atoms with van der Waals surface area (Å²) in [4.78, 5) is 12.8. The van der Waals surface area contributed by atoms with E-state index in [1.165, 1.54) is 0 Å². The molecular formula is C20H25N3O2. The Morgan fingerprint density at radius 1 is 1.28 bits per heavy atom. The van der Waals surface area contributed by atoms with Crippen molar-refractivity contribution in [2.24, 2.45) is 0 Å². The van der Waals surface area contributed by atoms with Crippen molar-refractivity contribution in [1.29, 1.82) is 0 Å². The van der Waals surface area contributed by atoms with Crippen molar-refractivity contribution in [1.82, 2.24) is 15.1 Å². The van der Waals surface area contributed by atoms with E-state index < -0.39 is 6.10 Å². The molecule has 25 heavy (non-hydrogen) atoms. The quantitative estimate of drug-likeness (QED) is 0.903. The molecule has 0 bridgehead atoms. The third-order valence-corrected chi connectivity index (χ3v) is 5.09. The molecule has 2 aliphatic rings. The summed E-state index contributed by atoms with van der Waals surface area (Å²) in [7, 11) is 0. The lowest BCUT2D eigenvalue weighted by molar-refractivity contribution is 0.0852. The van der Waals surface area contributed by atoms with Crippen LogP contribution in [-0.4, -0.2) is 26.9 Å². The fourth-order valence-electron chi connectivity index (χ4n) is 3.68. The Morgan fingerprint density at radius 3 is 2.68 bits per heavy atom. The lowest BCUT2D eigenvalue weighted by Gasteiger charge is -2.22. The van der Waals surface area contributed by atoms with Gasteiger partial charge in [-0.15, -0.1) is 0 Å². The van der Waals surface area contributed by atoms with Crippen LogP contribution in [0.15, 0.2) is 30.3 Å². The number of aliphatic hydroxyl groups is 1. The molecule has 0 aliphatic heterocycles. The maximum atomic E-state index is 12.8. The van der Waals surface area contributed by atoms with Crippen molar-refractivity contribution in [2.45, 2.75) is 63.6 Å². The average molecular weight is 339 g/mol. The standard InChI is InChI=1S/C20H25N3O2/c1-20(2,3)23-16(12-8-9-12)11-15(22-23)19(25)21-18-14-7-5-4-6-13(14)10-17(18)24/h4-7,11-12,17-18,24H,8-10H2,1-3H3,(H,21,25)/t17-,18-/m1/s1. The molecule has 1 aromatic carbocycles. The maximum absolute atomic E-state index is 12.8. The highest BCUT2D eigenvalue weighted by atomic mass is 16.3. The van der Waals surface area contributed by atoms with Crippen LogP contribution in [0, 0.1) is 0 Å². The number of hydrogen-bond acceptors (Lipinski definition) is 3. The highest BCUT2D eigenvalue weighted by molar-refractivity contribution is 5.92. The molecule has 0 spiro atoms. The van der Waals surface area contributed by atoms with Gasteiger partial charge in [-0.2, -0.15) is 5.10 Å². The molecule has 2 aliphatic carbocycles. The van der Waals surface area contributed by atoms with Crippen LogP contribution in [0.2, 0.25) is 0 Å². The molecule has 0 radical (unpaired) electrons. The zero-order valence-corrected chi connectivity index (χ0v) is 15.0. The minimum absolute atomic E-state index is 0.157. The van der Waals surface area contributed by atoms with Crippen LogP contribution < -0.4 is 5.32 Å². The molecule has 5 heteroatoms. The van der Waals surface area contributed by atoms with Gasteiger partial charge in [-0.3, -0.25) is 9.48 Å². The predicted octanol–water partition coefficient (Wildman–Crippen LogP) is 2.90. The Balaban J connectivity index is 1.60.